The molecule has 0 aliphatic carbocycles. The van der Waals surface area contributed by atoms with Crippen molar-refractivity contribution in [2.45, 2.75) is 6.42 Å². The fourth-order valence-corrected chi connectivity index (χ4v) is 2.08. The van der Waals surface area contributed by atoms with Crippen molar-refractivity contribution in [1.29, 1.82) is 0 Å². The first-order valence-electron chi connectivity index (χ1n) is 2.61. The van der Waals surface area contributed by atoms with E-state index >= 15 is 0 Å². The minimum Gasteiger partial charge on any atom is -0.303 e. The van der Waals surface area contributed by atoms with Gasteiger partial charge in [-0.15, -0.1) is 11.3 Å². The van der Waals surface area contributed by atoms with Crippen molar-refractivity contribution < 1.29 is 9.18 Å². The molecule has 1 aromatic rings. The van der Waals surface area contributed by atoms with Crippen LogP contribution in [0, 0.1) is 5.82 Å². The maximum atomic E-state index is 12.6. The Balaban J connectivity index is 2.91. The summed E-state index contributed by atoms with van der Waals surface area (Å²) in [5.74, 6) is -0.302. The summed E-state index contributed by atoms with van der Waals surface area (Å²) in [6, 6.07) is 1.36. The van der Waals surface area contributed by atoms with Crippen LogP contribution in [-0.2, 0) is 11.2 Å². The standard InChI is InChI=1S/C6H4BrFOS/c7-6-3-4(8)5(10-6)1-2-9/h2-3H,1H2. The Hall–Kier alpha value is -0.220. The Morgan fingerprint density at radius 2 is 2.50 bits per heavy atom. The van der Waals surface area contributed by atoms with E-state index in [1.165, 1.54) is 17.4 Å². The second-order valence-corrected chi connectivity index (χ2v) is 4.21. The fourth-order valence-electron chi connectivity index (χ4n) is 0.591. The van der Waals surface area contributed by atoms with Gasteiger partial charge in [-0.25, -0.2) is 4.39 Å². The molecule has 0 saturated carbocycles. The number of aldehydes is 1. The third-order valence-electron chi connectivity index (χ3n) is 0.996. The molecule has 4 heteroatoms. The van der Waals surface area contributed by atoms with Crippen LogP contribution < -0.4 is 0 Å². The van der Waals surface area contributed by atoms with Gasteiger partial charge in [-0.2, -0.15) is 0 Å². The molecule has 0 aliphatic rings. The Morgan fingerprint density at radius 1 is 1.80 bits per heavy atom. The van der Waals surface area contributed by atoms with Crippen molar-refractivity contribution in [3.8, 4) is 0 Å². The monoisotopic (exact) mass is 222 g/mol. The van der Waals surface area contributed by atoms with E-state index in [1.54, 1.807) is 0 Å². The lowest BCUT2D eigenvalue weighted by Gasteiger charge is -1.83. The molecule has 0 atom stereocenters. The van der Waals surface area contributed by atoms with E-state index in [2.05, 4.69) is 15.9 Å². The molecule has 0 N–H and O–H groups in total. The normalized spacial score (nSPS) is 9.80. The molecule has 0 aliphatic heterocycles. The van der Waals surface area contributed by atoms with E-state index in [1.807, 2.05) is 0 Å². The quantitative estimate of drug-likeness (QED) is 0.703. The number of hydrogen-bond donors (Lipinski definition) is 0. The first kappa shape index (κ1) is 7.88. The third kappa shape index (κ3) is 1.64. The largest absolute Gasteiger partial charge is 0.303 e. The molecule has 0 unspecified atom stereocenters. The summed E-state index contributed by atoms with van der Waals surface area (Å²) < 4.78 is 13.3. The zero-order valence-corrected chi connectivity index (χ0v) is 7.34. The fraction of sp³-hybridized carbons (Fsp3) is 0.167. The first-order valence-corrected chi connectivity index (χ1v) is 4.22. The summed E-state index contributed by atoms with van der Waals surface area (Å²) in [7, 11) is 0. The number of rotatable bonds is 2. The molecule has 0 aromatic carbocycles. The predicted molar refractivity (Wildman–Crippen MR) is 41.7 cm³/mol. The Morgan fingerprint density at radius 3 is 2.90 bits per heavy atom. The van der Waals surface area contributed by atoms with Crippen LogP contribution in [0.1, 0.15) is 4.88 Å². The Kier molecular flexibility index (Phi) is 2.56. The van der Waals surface area contributed by atoms with Crippen molar-refractivity contribution in [3.05, 3.63) is 20.5 Å². The lowest BCUT2D eigenvalue weighted by Crippen LogP contribution is -1.82. The molecule has 0 fully saturated rings. The number of hydrogen-bond acceptors (Lipinski definition) is 2. The number of thiophene rings is 1. The van der Waals surface area contributed by atoms with E-state index in [4.69, 9.17) is 0 Å². The van der Waals surface area contributed by atoms with Gasteiger partial charge in [0.2, 0.25) is 0 Å². The minimum atomic E-state index is -0.302. The highest BCUT2D eigenvalue weighted by Gasteiger charge is 2.05. The average molecular weight is 223 g/mol. The minimum absolute atomic E-state index is 0.169. The molecule has 1 rings (SSSR count). The highest BCUT2D eigenvalue weighted by Crippen LogP contribution is 2.25. The van der Waals surface area contributed by atoms with Crippen molar-refractivity contribution in [2.75, 3.05) is 0 Å². The lowest BCUT2D eigenvalue weighted by atomic mass is 10.4. The summed E-state index contributed by atoms with van der Waals surface area (Å²) in [4.78, 5) is 10.4. The van der Waals surface area contributed by atoms with Gasteiger partial charge in [0, 0.05) is 11.3 Å². The smallest absolute Gasteiger partial charge is 0.138 e. The van der Waals surface area contributed by atoms with Crippen LogP contribution in [0.15, 0.2) is 9.85 Å². The average Bonchev–Trinajstić information content (AvgIpc) is 2.13. The van der Waals surface area contributed by atoms with E-state index in [9.17, 15) is 9.18 Å². The van der Waals surface area contributed by atoms with Crippen LogP contribution in [0.5, 0.6) is 0 Å². The summed E-state index contributed by atoms with van der Waals surface area (Å²) in [5, 5.41) is 0. The van der Waals surface area contributed by atoms with E-state index in [0.717, 1.165) is 3.79 Å². The van der Waals surface area contributed by atoms with Gasteiger partial charge in [0.15, 0.2) is 0 Å². The van der Waals surface area contributed by atoms with Crippen LogP contribution in [0.4, 0.5) is 4.39 Å². The zero-order chi connectivity index (χ0) is 7.56. The maximum absolute atomic E-state index is 12.6. The summed E-state index contributed by atoms with van der Waals surface area (Å²) >= 11 is 4.36. The van der Waals surface area contributed by atoms with Gasteiger partial charge in [0.25, 0.3) is 0 Å². The van der Waals surface area contributed by atoms with Crippen LogP contribution in [0.25, 0.3) is 0 Å². The number of halogens is 2. The second kappa shape index (κ2) is 3.25. The van der Waals surface area contributed by atoms with Crippen LogP contribution >= 0.6 is 27.3 Å². The summed E-state index contributed by atoms with van der Waals surface area (Å²) in [6.45, 7) is 0. The molecule has 0 saturated heterocycles. The van der Waals surface area contributed by atoms with Gasteiger partial charge in [0.1, 0.15) is 12.1 Å². The number of carbonyl (C=O) groups excluding carboxylic acids is 1. The predicted octanol–water partition coefficient (Wildman–Crippen LogP) is 2.39. The van der Waals surface area contributed by atoms with Crippen molar-refractivity contribution in [2.24, 2.45) is 0 Å². The van der Waals surface area contributed by atoms with Gasteiger partial charge in [-0.1, -0.05) is 0 Å². The van der Waals surface area contributed by atoms with Crippen LogP contribution in [0.3, 0.4) is 0 Å². The zero-order valence-electron chi connectivity index (χ0n) is 4.93. The molecule has 10 heavy (non-hydrogen) atoms. The Labute approximate surface area is 70.0 Å². The lowest BCUT2D eigenvalue weighted by molar-refractivity contribution is -0.107. The molecule has 0 radical (unpaired) electrons. The SMILES string of the molecule is O=CCc1sc(Br)cc1F. The third-order valence-corrected chi connectivity index (χ3v) is 2.63. The van der Waals surface area contributed by atoms with Gasteiger partial charge >= 0.3 is 0 Å². The highest BCUT2D eigenvalue weighted by molar-refractivity contribution is 9.11. The molecular formula is C6H4BrFOS. The highest BCUT2D eigenvalue weighted by atomic mass is 79.9. The molecule has 54 valence electrons. The van der Waals surface area contributed by atoms with Crippen molar-refractivity contribution in [1.82, 2.24) is 0 Å². The van der Waals surface area contributed by atoms with Crippen LogP contribution in [0.2, 0.25) is 0 Å². The molecular weight excluding hydrogens is 219 g/mol. The van der Waals surface area contributed by atoms with Gasteiger partial charge in [-0.05, 0) is 22.0 Å². The topological polar surface area (TPSA) is 17.1 Å². The summed E-state index contributed by atoms with van der Waals surface area (Å²) in [5.41, 5.74) is 0. The second-order valence-electron chi connectivity index (χ2n) is 1.69. The van der Waals surface area contributed by atoms with E-state index in [-0.39, 0.29) is 12.2 Å². The van der Waals surface area contributed by atoms with E-state index in [0.29, 0.717) is 11.2 Å². The number of carbonyl (C=O) groups is 1. The van der Waals surface area contributed by atoms with Crippen LogP contribution in [-0.4, -0.2) is 6.29 Å². The van der Waals surface area contributed by atoms with Gasteiger partial charge < -0.3 is 4.79 Å². The molecule has 1 heterocycles. The molecule has 1 aromatic heterocycles. The summed E-state index contributed by atoms with van der Waals surface area (Å²) in [6.07, 6.45) is 0.865. The van der Waals surface area contributed by atoms with E-state index < -0.39 is 0 Å². The molecule has 0 amide bonds. The molecule has 0 bridgehead atoms. The van der Waals surface area contributed by atoms with Gasteiger partial charge in [-0.3, -0.25) is 0 Å². The van der Waals surface area contributed by atoms with Crippen molar-refractivity contribution >= 4 is 33.6 Å². The molecule has 0 spiro atoms. The van der Waals surface area contributed by atoms with Crippen molar-refractivity contribution in [3.63, 3.8) is 0 Å². The maximum Gasteiger partial charge on any atom is 0.138 e. The molecule has 1 nitrogen and oxygen atoms in total. The first-order chi connectivity index (χ1) is 4.74. The van der Waals surface area contributed by atoms with Gasteiger partial charge in [0.05, 0.1) is 3.79 Å². The Bertz CT molecular complexity index is 246.